The van der Waals surface area contributed by atoms with Crippen LogP contribution in [0, 0.1) is 0 Å². The van der Waals surface area contributed by atoms with Crippen LogP contribution in [0.15, 0.2) is 9.59 Å². The third-order valence-corrected chi connectivity index (χ3v) is 3.52. The van der Waals surface area contributed by atoms with Gasteiger partial charge in [0.2, 0.25) is 0 Å². The Hall–Kier alpha value is -1.76. The Labute approximate surface area is 111 Å². The van der Waals surface area contributed by atoms with Crippen LogP contribution in [0.4, 0.5) is 11.5 Å². The largest absolute Gasteiger partial charge is 0.388 e. The minimum atomic E-state index is -1.08. The van der Waals surface area contributed by atoms with E-state index < -0.39 is 22.4 Å². The summed E-state index contributed by atoms with van der Waals surface area (Å²) in [4.78, 5) is 25.6. The van der Waals surface area contributed by atoms with Gasteiger partial charge in [-0.1, -0.05) is 0 Å². The van der Waals surface area contributed by atoms with Crippen molar-refractivity contribution in [2.24, 2.45) is 0 Å². The fraction of sp³-hybridized carbons (Fsp3) is 0.667. The Kier molecular flexibility index (Phi) is 3.81. The van der Waals surface area contributed by atoms with Crippen LogP contribution >= 0.6 is 0 Å². The lowest BCUT2D eigenvalue weighted by atomic mass is 9.86. The van der Waals surface area contributed by atoms with Gasteiger partial charge in [0.25, 0.3) is 5.56 Å². The van der Waals surface area contributed by atoms with Gasteiger partial charge in [0, 0.05) is 6.54 Å². The second kappa shape index (κ2) is 4.73. The van der Waals surface area contributed by atoms with E-state index in [0.717, 1.165) is 0 Å². The number of nitrogens with zero attached hydrogens (tertiary/aromatic N) is 1. The molecule has 1 heterocycles. The third kappa shape index (κ3) is 2.81. The van der Waals surface area contributed by atoms with Gasteiger partial charge in [0.15, 0.2) is 0 Å². The molecule has 0 aliphatic heterocycles. The number of aromatic amines is 1. The van der Waals surface area contributed by atoms with Crippen molar-refractivity contribution in [2.45, 2.75) is 52.3 Å². The molecule has 0 amide bonds. The molecule has 0 aliphatic rings. The third-order valence-electron chi connectivity index (χ3n) is 3.52. The molecular weight excluding hydrogens is 248 g/mol. The predicted molar refractivity (Wildman–Crippen MR) is 75.4 cm³/mol. The summed E-state index contributed by atoms with van der Waals surface area (Å²) in [5, 5.41) is 13.0. The van der Waals surface area contributed by atoms with E-state index in [9.17, 15) is 14.7 Å². The number of hydrogen-bond donors (Lipinski definition) is 4. The standard InChI is InChI=1S/C12H22N4O3/c1-6-16-8(13)7(9(17)14-10(16)18)15-11(2,3)12(4,5)19/h15,19H,6,13H2,1-5H3,(H,14,17,18). The Morgan fingerprint density at radius 1 is 1.32 bits per heavy atom. The highest BCUT2D eigenvalue weighted by atomic mass is 16.3. The zero-order chi connectivity index (χ0) is 15.0. The van der Waals surface area contributed by atoms with Crippen molar-refractivity contribution < 1.29 is 5.11 Å². The number of aromatic nitrogens is 2. The lowest BCUT2D eigenvalue weighted by Gasteiger charge is -2.38. The number of aliphatic hydroxyl groups is 1. The molecule has 7 heteroatoms. The summed E-state index contributed by atoms with van der Waals surface area (Å²) in [6.45, 7) is 8.83. The first kappa shape index (κ1) is 15.3. The van der Waals surface area contributed by atoms with Crippen LogP contribution in [-0.4, -0.2) is 25.8 Å². The van der Waals surface area contributed by atoms with E-state index in [4.69, 9.17) is 5.73 Å². The number of hydrogen-bond acceptors (Lipinski definition) is 5. The van der Waals surface area contributed by atoms with E-state index in [-0.39, 0.29) is 11.5 Å². The molecule has 1 rings (SSSR count). The fourth-order valence-electron chi connectivity index (χ4n) is 1.49. The Bertz CT molecular complexity index is 578. The van der Waals surface area contributed by atoms with Crippen LogP contribution in [0.25, 0.3) is 0 Å². The van der Waals surface area contributed by atoms with Gasteiger partial charge in [-0.2, -0.15) is 0 Å². The van der Waals surface area contributed by atoms with Crippen LogP contribution < -0.4 is 22.3 Å². The SMILES string of the molecule is CCn1c(N)c(NC(C)(C)C(C)(C)O)c(=O)[nH]c1=O. The Balaban J connectivity index is 3.38. The fourth-order valence-corrected chi connectivity index (χ4v) is 1.49. The molecule has 0 saturated carbocycles. The molecule has 0 atom stereocenters. The van der Waals surface area contributed by atoms with Crippen LogP contribution in [0.1, 0.15) is 34.6 Å². The van der Waals surface area contributed by atoms with E-state index in [2.05, 4.69) is 10.3 Å². The molecule has 5 N–H and O–H groups in total. The highest BCUT2D eigenvalue weighted by Crippen LogP contribution is 2.26. The quantitative estimate of drug-likeness (QED) is 0.619. The van der Waals surface area contributed by atoms with E-state index in [1.807, 2.05) is 0 Å². The highest BCUT2D eigenvalue weighted by Gasteiger charge is 2.36. The molecule has 0 radical (unpaired) electrons. The van der Waals surface area contributed by atoms with Gasteiger partial charge in [0.1, 0.15) is 11.5 Å². The number of nitrogens with one attached hydrogen (secondary N) is 2. The maximum atomic E-state index is 11.8. The molecule has 1 aromatic heterocycles. The second-order valence-corrected chi connectivity index (χ2v) is 5.57. The summed E-state index contributed by atoms with van der Waals surface area (Å²) in [7, 11) is 0. The van der Waals surface area contributed by atoms with E-state index in [0.29, 0.717) is 6.54 Å². The monoisotopic (exact) mass is 270 g/mol. The van der Waals surface area contributed by atoms with Crippen molar-refractivity contribution in [3.05, 3.63) is 20.8 Å². The van der Waals surface area contributed by atoms with Gasteiger partial charge in [-0.05, 0) is 34.6 Å². The molecule has 1 aromatic rings. The van der Waals surface area contributed by atoms with Crippen LogP contribution in [-0.2, 0) is 6.54 Å². The zero-order valence-electron chi connectivity index (χ0n) is 12.0. The lowest BCUT2D eigenvalue weighted by molar-refractivity contribution is 0.0240. The first-order valence-electron chi connectivity index (χ1n) is 6.14. The summed E-state index contributed by atoms with van der Waals surface area (Å²) < 4.78 is 1.25. The molecule has 0 aromatic carbocycles. The van der Waals surface area contributed by atoms with Gasteiger partial charge in [0.05, 0.1) is 11.1 Å². The van der Waals surface area contributed by atoms with Crippen molar-refractivity contribution in [1.29, 1.82) is 0 Å². The first-order valence-corrected chi connectivity index (χ1v) is 6.14. The molecular formula is C12H22N4O3. The second-order valence-electron chi connectivity index (χ2n) is 5.57. The van der Waals surface area contributed by atoms with Crippen molar-refractivity contribution in [3.63, 3.8) is 0 Å². The summed E-state index contributed by atoms with van der Waals surface area (Å²) >= 11 is 0. The van der Waals surface area contributed by atoms with Crippen LogP contribution in [0.3, 0.4) is 0 Å². The highest BCUT2D eigenvalue weighted by molar-refractivity contribution is 5.61. The normalized spacial score (nSPS) is 12.5. The average Bonchev–Trinajstić information content (AvgIpc) is 2.23. The summed E-state index contributed by atoms with van der Waals surface area (Å²) in [6, 6.07) is 0. The molecule has 0 aliphatic carbocycles. The van der Waals surface area contributed by atoms with Gasteiger partial charge in [-0.25, -0.2) is 4.79 Å². The lowest BCUT2D eigenvalue weighted by Crippen LogP contribution is -2.52. The van der Waals surface area contributed by atoms with Gasteiger partial charge >= 0.3 is 5.69 Å². The minimum absolute atomic E-state index is 0.0635. The van der Waals surface area contributed by atoms with Crippen LogP contribution in [0.2, 0.25) is 0 Å². The molecule has 19 heavy (non-hydrogen) atoms. The number of nitrogens with two attached hydrogens (primary N) is 1. The predicted octanol–water partition coefficient (Wildman–Crippen LogP) is 0.100. The zero-order valence-corrected chi connectivity index (χ0v) is 12.0. The topological polar surface area (TPSA) is 113 Å². The summed E-state index contributed by atoms with van der Waals surface area (Å²) in [6.07, 6.45) is 0. The number of anilines is 2. The van der Waals surface area contributed by atoms with Crippen molar-refractivity contribution >= 4 is 11.5 Å². The summed E-state index contributed by atoms with van der Waals surface area (Å²) in [5.41, 5.74) is 2.91. The van der Waals surface area contributed by atoms with Crippen molar-refractivity contribution in [1.82, 2.24) is 9.55 Å². The molecule has 0 unspecified atom stereocenters. The first-order chi connectivity index (χ1) is 8.51. The molecule has 7 nitrogen and oxygen atoms in total. The average molecular weight is 270 g/mol. The Morgan fingerprint density at radius 2 is 1.84 bits per heavy atom. The molecule has 0 spiro atoms. The van der Waals surface area contributed by atoms with Gasteiger partial charge in [-0.3, -0.25) is 14.3 Å². The van der Waals surface area contributed by atoms with E-state index in [1.165, 1.54) is 4.57 Å². The van der Waals surface area contributed by atoms with Crippen molar-refractivity contribution in [3.8, 4) is 0 Å². The Morgan fingerprint density at radius 3 is 2.26 bits per heavy atom. The van der Waals surface area contributed by atoms with E-state index in [1.54, 1.807) is 34.6 Å². The molecule has 108 valence electrons. The van der Waals surface area contributed by atoms with Crippen LogP contribution in [0.5, 0.6) is 0 Å². The number of H-pyrrole nitrogens is 1. The maximum absolute atomic E-state index is 11.8. The maximum Gasteiger partial charge on any atom is 0.330 e. The van der Waals surface area contributed by atoms with Crippen molar-refractivity contribution in [2.75, 3.05) is 11.1 Å². The van der Waals surface area contributed by atoms with Gasteiger partial charge in [-0.15, -0.1) is 0 Å². The van der Waals surface area contributed by atoms with E-state index >= 15 is 0 Å². The molecule has 0 saturated heterocycles. The minimum Gasteiger partial charge on any atom is -0.388 e. The number of nitrogen functional groups attached to an aromatic ring is 1. The summed E-state index contributed by atoms with van der Waals surface area (Å²) in [5.74, 6) is 0.0635. The van der Waals surface area contributed by atoms with Gasteiger partial charge < -0.3 is 16.2 Å². The smallest absolute Gasteiger partial charge is 0.330 e. The molecule has 0 fully saturated rings. The molecule has 0 bridgehead atoms. The number of rotatable bonds is 4.